The van der Waals surface area contributed by atoms with Gasteiger partial charge in [0.15, 0.2) is 0 Å². The summed E-state index contributed by atoms with van der Waals surface area (Å²) in [7, 11) is 1.64. The Bertz CT molecular complexity index is 866. The number of thiophene rings is 1. The van der Waals surface area contributed by atoms with E-state index in [0.717, 1.165) is 21.6 Å². The molecule has 1 unspecified atom stereocenters. The molecule has 0 radical (unpaired) electrons. The van der Waals surface area contributed by atoms with Gasteiger partial charge < -0.3 is 15.4 Å². The van der Waals surface area contributed by atoms with Crippen molar-refractivity contribution < 1.29 is 13.9 Å². The SMILES string of the molecule is COCc1ccccc1CNC(=O)NC(c1ccc(F)cc1)c1cccs1. The van der Waals surface area contributed by atoms with Crippen molar-refractivity contribution >= 4 is 17.4 Å². The highest BCUT2D eigenvalue weighted by Gasteiger charge is 2.18. The molecule has 3 rings (SSSR count). The van der Waals surface area contributed by atoms with Crippen LogP contribution in [0.25, 0.3) is 0 Å². The van der Waals surface area contributed by atoms with Crippen LogP contribution in [0.2, 0.25) is 0 Å². The molecule has 2 aromatic carbocycles. The molecule has 0 spiro atoms. The van der Waals surface area contributed by atoms with Crippen LogP contribution < -0.4 is 10.6 Å². The maximum atomic E-state index is 13.3. The van der Waals surface area contributed by atoms with Crippen molar-refractivity contribution in [1.82, 2.24) is 10.6 Å². The van der Waals surface area contributed by atoms with Gasteiger partial charge in [-0.1, -0.05) is 42.5 Å². The first-order valence-corrected chi connectivity index (χ1v) is 9.44. The molecular formula is C21H21FN2O2S. The van der Waals surface area contributed by atoms with Gasteiger partial charge in [-0.25, -0.2) is 9.18 Å². The predicted octanol–water partition coefficient (Wildman–Crippen LogP) is 4.62. The number of amides is 2. The highest BCUT2D eigenvalue weighted by molar-refractivity contribution is 7.10. The maximum Gasteiger partial charge on any atom is 0.315 e. The van der Waals surface area contributed by atoms with Crippen LogP contribution in [0.4, 0.5) is 9.18 Å². The van der Waals surface area contributed by atoms with E-state index in [0.29, 0.717) is 13.2 Å². The molecule has 2 N–H and O–H groups in total. The quantitative estimate of drug-likeness (QED) is 0.624. The van der Waals surface area contributed by atoms with Gasteiger partial charge in [0.1, 0.15) is 5.82 Å². The highest BCUT2D eigenvalue weighted by Crippen LogP contribution is 2.26. The monoisotopic (exact) mass is 384 g/mol. The largest absolute Gasteiger partial charge is 0.380 e. The van der Waals surface area contributed by atoms with Gasteiger partial charge in [0.05, 0.1) is 12.6 Å². The Labute approximate surface area is 162 Å². The number of methoxy groups -OCH3 is 1. The number of carbonyl (C=O) groups excluding carboxylic acids is 1. The fourth-order valence-corrected chi connectivity index (χ4v) is 3.62. The minimum absolute atomic E-state index is 0.287. The van der Waals surface area contributed by atoms with Gasteiger partial charge in [-0.15, -0.1) is 11.3 Å². The molecule has 140 valence electrons. The lowest BCUT2D eigenvalue weighted by molar-refractivity contribution is 0.184. The number of rotatable bonds is 7. The van der Waals surface area contributed by atoms with E-state index >= 15 is 0 Å². The van der Waals surface area contributed by atoms with Crippen LogP contribution in [-0.4, -0.2) is 13.1 Å². The van der Waals surface area contributed by atoms with Gasteiger partial charge in [-0.3, -0.25) is 0 Å². The minimum atomic E-state index is -0.334. The van der Waals surface area contributed by atoms with Crippen LogP contribution in [0, 0.1) is 5.82 Å². The van der Waals surface area contributed by atoms with Crippen molar-refractivity contribution in [3.05, 3.63) is 93.4 Å². The normalized spacial score (nSPS) is 11.8. The molecule has 4 nitrogen and oxygen atoms in total. The molecule has 0 bridgehead atoms. The van der Waals surface area contributed by atoms with Crippen molar-refractivity contribution in [1.29, 1.82) is 0 Å². The van der Waals surface area contributed by atoms with E-state index in [-0.39, 0.29) is 17.9 Å². The summed E-state index contributed by atoms with van der Waals surface area (Å²) >= 11 is 1.54. The van der Waals surface area contributed by atoms with Crippen molar-refractivity contribution in [3.63, 3.8) is 0 Å². The summed E-state index contributed by atoms with van der Waals surface area (Å²) in [5, 5.41) is 7.83. The third kappa shape index (κ3) is 5.15. The van der Waals surface area contributed by atoms with Crippen LogP contribution in [0.5, 0.6) is 0 Å². The van der Waals surface area contributed by atoms with Gasteiger partial charge in [0, 0.05) is 18.5 Å². The number of hydrogen-bond acceptors (Lipinski definition) is 3. The fraction of sp³-hybridized carbons (Fsp3) is 0.190. The number of ether oxygens (including phenoxy) is 1. The molecule has 1 atom stereocenters. The number of urea groups is 1. The van der Waals surface area contributed by atoms with E-state index in [9.17, 15) is 9.18 Å². The average Bonchev–Trinajstić information content (AvgIpc) is 3.21. The number of halogens is 1. The zero-order valence-corrected chi connectivity index (χ0v) is 15.8. The zero-order chi connectivity index (χ0) is 19.1. The molecule has 0 saturated heterocycles. The first-order valence-electron chi connectivity index (χ1n) is 8.56. The van der Waals surface area contributed by atoms with E-state index in [1.165, 1.54) is 12.1 Å². The van der Waals surface area contributed by atoms with Crippen molar-refractivity contribution in [3.8, 4) is 0 Å². The lowest BCUT2D eigenvalue weighted by Crippen LogP contribution is -2.38. The van der Waals surface area contributed by atoms with Crippen molar-refractivity contribution in [2.45, 2.75) is 19.2 Å². The van der Waals surface area contributed by atoms with E-state index in [1.54, 1.807) is 30.6 Å². The number of nitrogens with one attached hydrogen (secondary N) is 2. The fourth-order valence-electron chi connectivity index (χ4n) is 2.81. The lowest BCUT2D eigenvalue weighted by atomic mass is 10.1. The molecule has 0 aliphatic rings. The Hall–Kier alpha value is -2.70. The highest BCUT2D eigenvalue weighted by atomic mass is 32.1. The van der Waals surface area contributed by atoms with Crippen molar-refractivity contribution in [2.24, 2.45) is 0 Å². The first-order chi connectivity index (χ1) is 13.2. The number of benzene rings is 2. The minimum Gasteiger partial charge on any atom is -0.380 e. The number of hydrogen-bond donors (Lipinski definition) is 2. The van der Waals surface area contributed by atoms with Gasteiger partial charge in [0.25, 0.3) is 0 Å². The van der Waals surface area contributed by atoms with Crippen LogP contribution in [0.3, 0.4) is 0 Å². The summed E-state index contributed by atoms with van der Waals surface area (Å²) in [5.41, 5.74) is 2.87. The summed E-state index contributed by atoms with van der Waals surface area (Å²) in [5.74, 6) is -0.303. The lowest BCUT2D eigenvalue weighted by Gasteiger charge is -2.19. The Kier molecular flexibility index (Phi) is 6.57. The molecule has 0 aliphatic carbocycles. The summed E-state index contributed by atoms with van der Waals surface area (Å²) < 4.78 is 18.5. The van der Waals surface area contributed by atoms with Crippen LogP contribution in [0.1, 0.15) is 27.6 Å². The van der Waals surface area contributed by atoms with Crippen LogP contribution in [-0.2, 0) is 17.9 Å². The maximum absolute atomic E-state index is 13.3. The second-order valence-electron chi connectivity index (χ2n) is 6.03. The second-order valence-corrected chi connectivity index (χ2v) is 7.01. The molecular weight excluding hydrogens is 363 g/mol. The Morgan fingerprint density at radius 1 is 1.07 bits per heavy atom. The van der Waals surface area contributed by atoms with Gasteiger partial charge in [0.2, 0.25) is 0 Å². The topological polar surface area (TPSA) is 50.4 Å². The molecule has 3 aromatic rings. The Morgan fingerprint density at radius 3 is 2.48 bits per heavy atom. The molecule has 2 amide bonds. The predicted molar refractivity (Wildman–Crippen MR) is 105 cm³/mol. The first kappa shape index (κ1) is 19.1. The van der Waals surface area contributed by atoms with Gasteiger partial charge >= 0.3 is 6.03 Å². The van der Waals surface area contributed by atoms with Crippen LogP contribution in [0.15, 0.2) is 66.0 Å². The van der Waals surface area contributed by atoms with E-state index in [2.05, 4.69) is 10.6 Å². The van der Waals surface area contributed by atoms with Gasteiger partial charge in [-0.05, 0) is 40.3 Å². The second kappa shape index (κ2) is 9.30. The summed E-state index contributed by atoms with van der Waals surface area (Å²) in [6, 6.07) is 17.3. The standard InChI is InChI=1S/C21H21FN2O2S/c1-26-14-17-6-3-2-5-16(17)13-23-21(25)24-20(19-7-4-12-27-19)15-8-10-18(22)11-9-15/h2-12,20H,13-14H2,1H3,(H2,23,24,25). The molecule has 6 heteroatoms. The molecule has 0 fully saturated rings. The van der Waals surface area contributed by atoms with E-state index in [1.807, 2.05) is 41.8 Å². The third-order valence-electron chi connectivity index (χ3n) is 4.16. The smallest absolute Gasteiger partial charge is 0.315 e. The molecule has 27 heavy (non-hydrogen) atoms. The Morgan fingerprint density at radius 2 is 1.81 bits per heavy atom. The van der Waals surface area contributed by atoms with Gasteiger partial charge in [-0.2, -0.15) is 0 Å². The molecule has 1 heterocycles. The van der Waals surface area contributed by atoms with E-state index < -0.39 is 0 Å². The summed E-state index contributed by atoms with van der Waals surface area (Å²) in [6.07, 6.45) is 0. The Balaban J connectivity index is 1.69. The average molecular weight is 384 g/mol. The van der Waals surface area contributed by atoms with Crippen LogP contribution >= 0.6 is 11.3 Å². The summed E-state index contributed by atoms with van der Waals surface area (Å²) in [6.45, 7) is 0.888. The zero-order valence-electron chi connectivity index (χ0n) is 14.9. The third-order valence-corrected chi connectivity index (χ3v) is 5.10. The molecule has 1 aromatic heterocycles. The van der Waals surface area contributed by atoms with E-state index in [4.69, 9.17) is 4.74 Å². The number of carbonyl (C=O) groups is 1. The summed E-state index contributed by atoms with van der Waals surface area (Å²) in [4.78, 5) is 13.5. The molecule has 0 aliphatic heterocycles. The molecule has 0 saturated carbocycles. The van der Waals surface area contributed by atoms with Crippen molar-refractivity contribution in [2.75, 3.05) is 7.11 Å².